The number of nitrogens with one attached hydrogen (secondary N) is 1. The number of carbonyl (C=O) groups excluding carboxylic acids is 2. The lowest BCUT2D eigenvalue weighted by Gasteiger charge is -2.45. The van der Waals surface area contributed by atoms with E-state index < -0.39 is 5.60 Å². The Kier molecular flexibility index (Phi) is 9.20. The van der Waals surface area contributed by atoms with Crippen molar-refractivity contribution >= 4 is 35.1 Å². The average molecular weight is 616 g/mol. The summed E-state index contributed by atoms with van der Waals surface area (Å²) >= 11 is 13.0. The van der Waals surface area contributed by atoms with Crippen LogP contribution in [-0.2, 0) is 16.1 Å². The van der Waals surface area contributed by atoms with E-state index in [0.29, 0.717) is 38.7 Å². The van der Waals surface area contributed by atoms with Crippen molar-refractivity contribution in [2.75, 3.05) is 45.9 Å². The maximum atomic E-state index is 13.1. The van der Waals surface area contributed by atoms with Gasteiger partial charge in [0.05, 0.1) is 28.5 Å². The molecule has 42 heavy (non-hydrogen) atoms. The largest absolute Gasteiger partial charge is 0.369 e. The van der Waals surface area contributed by atoms with Crippen molar-refractivity contribution in [1.29, 1.82) is 0 Å². The lowest BCUT2D eigenvalue weighted by atomic mass is 9.81. The smallest absolute Gasteiger partial charge is 0.318 e. The van der Waals surface area contributed by atoms with E-state index in [2.05, 4.69) is 44.3 Å². The first-order valence-corrected chi connectivity index (χ1v) is 16.7. The molecule has 1 N–H and O–H groups in total. The highest BCUT2D eigenvalue weighted by atomic mass is 35.5. The molecule has 6 rings (SSSR count). The Morgan fingerprint density at radius 1 is 0.976 bits per heavy atom. The standard InChI is InChI=1S/C33H44Cl2N4O3/c34-28-11-10-27(22-29(28)35)33(14-18-38(19-15-33)30(40)26-8-4-5-9-26)42-21-20-37-16-12-32(13-17-37)24-36-31(41)39(32)23-25-6-2-1-3-7-25/h1-3,6-7,10-11,22,26,28-29H,4-5,8-9,12-21,23-24H2,(H,36,41)/t28?,29-/m1/s1. The molecule has 9 heteroatoms. The van der Waals surface area contributed by atoms with Crippen LogP contribution in [0.2, 0.25) is 0 Å². The molecule has 228 valence electrons. The third-order valence-corrected chi connectivity index (χ3v) is 11.3. The molecule has 3 heterocycles. The van der Waals surface area contributed by atoms with Crippen LogP contribution < -0.4 is 5.32 Å². The van der Waals surface area contributed by atoms with E-state index in [4.69, 9.17) is 27.9 Å². The van der Waals surface area contributed by atoms with Gasteiger partial charge in [-0.3, -0.25) is 4.79 Å². The third-order valence-electron chi connectivity index (χ3n) is 10.4. The van der Waals surface area contributed by atoms with Crippen molar-refractivity contribution in [2.24, 2.45) is 5.92 Å². The summed E-state index contributed by atoms with van der Waals surface area (Å²) in [5, 5.41) is 2.61. The Morgan fingerprint density at radius 3 is 2.38 bits per heavy atom. The molecule has 0 aromatic heterocycles. The topological polar surface area (TPSA) is 65.1 Å². The molecule has 1 spiro atoms. The third kappa shape index (κ3) is 6.26. The molecule has 2 atom stereocenters. The zero-order valence-corrected chi connectivity index (χ0v) is 26.0. The SMILES string of the molecule is O=C(C1CCCC1)N1CCC(OCCN2CCC3(CC2)CNC(=O)N3Cc2ccccc2)(C2=C[C@@H](Cl)C(Cl)C=C2)CC1. The first-order chi connectivity index (χ1) is 20.4. The van der Waals surface area contributed by atoms with Crippen molar-refractivity contribution in [3.05, 3.63) is 59.7 Å². The van der Waals surface area contributed by atoms with Gasteiger partial charge < -0.3 is 24.8 Å². The van der Waals surface area contributed by atoms with Gasteiger partial charge in [0, 0.05) is 51.7 Å². The highest BCUT2D eigenvalue weighted by Gasteiger charge is 2.47. The van der Waals surface area contributed by atoms with E-state index in [-0.39, 0.29) is 28.2 Å². The van der Waals surface area contributed by atoms with Gasteiger partial charge in [0.2, 0.25) is 5.91 Å². The molecule has 4 fully saturated rings. The molecule has 1 aromatic rings. The number of hydrogen-bond acceptors (Lipinski definition) is 4. The monoisotopic (exact) mass is 614 g/mol. The van der Waals surface area contributed by atoms with Crippen LogP contribution in [0.25, 0.3) is 0 Å². The van der Waals surface area contributed by atoms with E-state index in [1.807, 2.05) is 24.3 Å². The predicted molar refractivity (Wildman–Crippen MR) is 167 cm³/mol. The summed E-state index contributed by atoms with van der Waals surface area (Å²) in [6.45, 7) is 6.08. The van der Waals surface area contributed by atoms with Crippen molar-refractivity contribution < 1.29 is 14.3 Å². The summed E-state index contributed by atoms with van der Waals surface area (Å²) in [6.07, 6.45) is 13.9. The van der Waals surface area contributed by atoms with E-state index in [1.54, 1.807) is 0 Å². The van der Waals surface area contributed by atoms with Crippen LogP contribution >= 0.6 is 23.2 Å². The molecule has 1 aromatic carbocycles. The van der Waals surface area contributed by atoms with Crippen LogP contribution in [-0.4, -0.2) is 94.4 Å². The molecule has 3 saturated heterocycles. The van der Waals surface area contributed by atoms with Gasteiger partial charge in [-0.25, -0.2) is 4.79 Å². The maximum Gasteiger partial charge on any atom is 0.318 e. The second-order valence-electron chi connectivity index (χ2n) is 12.8. The number of halogens is 2. The minimum Gasteiger partial charge on any atom is -0.369 e. The summed E-state index contributed by atoms with van der Waals surface area (Å²) in [6, 6.07) is 10.3. The number of piperidine rings is 2. The molecule has 0 radical (unpaired) electrons. The summed E-state index contributed by atoms with van der Waals surface area (Å²) in [5.41, 5.74) is 1.67. The molecular weight excluding hydrogens is 571 g/mol. The lowest BCUT2D eigenvalue weighted by molar-refractivity contribution is -0.140. The van der Waals surface area contributed by atoms with Crippen LogP contribution in [0.5, 0.6) is 0 Å². The second-order valence-corrected chi connectivity index (χ2v) is 13.8. The summed E-state index contributed by atoms with van der Waals surface area (Å²) in [7, 11) is 0. The molecule has 1 unspecified atom stereocenters. The number of rotatable bonds is 8. The van der Waals surface area contributed by atoms with Crippen molar-refractivity contribution in [3.63, 3.8) is 0 Å². The number of amides is 3. The van der Waals surface area contributed by atoms with Crippen molar-refractivity contribution in [1.82, 2.24) is 20.0 Å². The normalized spacial score (nSPS) is 27.9. The zero-order valence-electron chi connectivity index (χ0n) is 24.5. The fourth-order valence-corrected chi connectivity index (χ4v) is 7.99. The molecule has 1 saturated carbocycles. The molecule has 3 amide bonds. The summed E-state index contributed by atoms with van der Waals surface area (Å²) < 4.78 is 6.81. The van der Waals surface area contributed by atoms with E-state index >= 15 is 0 Å². The maximum absolute atomic E-state index is 13.1. The quantitative estimate of drug-likeness (QED) is 0.402. The van der Waals surface area contributed by atoms with Gasteiger partial charge in [-0.05, 0) is 49.7 Å². The van der Waals surface area contributed by atoms with E-state index in [0.717, 1.165) is 69.3 Å². The summed E-state index contributed by atoms with van der Waals surface area (Å²) in [5.74, 6) is 0.529. The predicted octanol–water partition coefficient (Wildman–Crippen LogP) is 5.33. The Balaban J connectivity index is 1.06. The molecule has 7 nitrogen and oxygen atoms in total. The van der Waals surface area contributed by atoms with Crippen LogP contribution in [0, 0.1) is 5.92 Å². The number of likely N-dealkylation sites (tertiary alicyclic amines) is 2. The van der Waals surface area contributed by atoms with Gasteiger partial charge in [-0.2, -0.15) is 0 Å². The van der Waals surface area contributed by atoms with Gasteiger partial charge in [-0.15, -0.1) is 23.2 Å². The molecule has 2 aliphatic carbocycles. The van der Waals surface area contributed by atoms with Gasteiger partial charge in [-0.1, -0.05) is 61.4 Å². The summed E-state index contributed by atoms with van der Waals surface area (Å²) in [4.78, 5) is 32.5. The number of alkyl halides is 2. The number of urea groups is 1. The van der Waals surface area contributed by atoms with Gasteiger partial charge in [0.1, 0.15) is 0 Å². The Labute approximate surface area is 260 Å². The Morgan fingerprint density at radius 2 is 1.69 bits per heavy atom. The van der Waals surface area contributed by atoms with Crippen molar-refractivity contribution in [3.8, 4) is 0 Å². The van der Waals surface area contributed by atoms with Gasteiger partial charge >= 0.3 is 6.03 Å². The fourth-order valence-electron chi connectivity index (χ4n) is 7.62. The van der Waals surface area contributed by atoms with Crippen LogP contribution in [0.15, 0.2) is 54.1 Å². The highest BCUT2D eigenvalue weighted by Crippen LogP contribution is 2.39. The zero-order chi connectivity index (χ0) is 29.2. The first kappa shape index (κ1) is 30.0. The molecule has 3 aliphatic heterocycles. The average Bonchev–Trinajstić information content (AvgIpc) is 3.66. The minimum absolute atomic E-state index is 0.0425. The van der Waals surface area contributed by atoms with Crippen LogP contribution in [0.3, 0.4) is 0 Å². The van der Waals surface area contributed by atoms with Gasteiger partial charge in [0.25, 0.3) is 0 Å². The first-order valence-electron chi connectivity index (χ1n) is 15.8. The highest BCUT2D eigenvalue weighted by molar-refractivity contribution is 6.31. The number of hydrogen-bond donors (Lipinski definition) is 1. The number of carbonyl (C=O) groups is 2. The number of nitrogens with zero attached hydrogens (tertiary/aromatic N) is 3. The second kappa shape index (κ2) is 12.9. The fraction of sp³-hybridized carbons (Fsp3) is 0.636. The Hall–Kier alpha value is -2.06. The Bertz CT molecular complexity index is 1170. The van der Waals surface area contributed by atoms with Gasteiger partial charge in [0.15, 0.2) is 0 Å². The van der Waals surface area contributed by atoms with E-state index in [1.165, 1.54) is 12.8 Å². The van der Waals surface area contributed by atoms with Crippen LogP contribution in [0.4, 0.5) is 4.79 Å². The molecule has 0 bridgehead atoms. The molecular formula is C33H44Cl2N4O3. The minimum atomic E-state index is -0.460. The molecule has 5 aliphatic rings. The number of allylic oxidation sites excluding steroid dienone is 2. The van der Waals surface area contributed by atoms with E-state index in [9.17, 15) is 9.59 Å². The lowest BCUT2D eigenvalue weighted by Crippen LogP contribution is -2.55. The van der Waals surface area contributed by atoms with Crippen molar-refractivity contribution in [2.45, 2.75) is 79.8 Å². The number of ether oxygens (including phenoxy) is 1. The van der Waals surface area contributed by atoms with Crippen LogP contribution in [0.1, 0.15) is 56.9 Å². The number of benzene rings is 1.